The van der Waals surface area contributed by atoms with E-state index in [0.29, 0.717) is 0 Å². The molecule has 1 heteroatoms. The van der Waals surface area contributed by atoms with Crippen molar-refractivity contribution in [1.29, 1.82) is 0 Å². The van der Waals surface area contributed by atoms with Crippen LogP contribution in [0.5, 0.6) is 0 Å². The smallest absolute Gasteiger partial charge is 0.0747 e. The molecule has 0 N–H and O–H groups in total. The lowest BCUT2D eigenvalue weighted by Gasteiger charge is -2.23. The number of aromatic nitrogens is 1. The van der Waals surface area contributed by atoms with Gasteiger partial charge in [-0.05, 0) is 85.8 Å². The second-order valence-corrected chi connectivity index (χ2v) is 8.91. The Morgan fingerprint density at radius 2 is 1.10 bits per heavy atom. The number of hydrogen-bond donors (Lipinski definition) is 0. The molecule has 1 aromatic heterocycles. The van der Waals surface area contributed by atoms with E-state index in [9.17, 15) is 0 Å². The summed E-state index contributed by atoms with van der Waals surface area (Å²) in [7, 11) is 0. The summed E-state index contributed by atoms with van der Waals surface area (Å²) >= 11 is 0. The number of rotatable bonds is 12. The van der Waals surface area contributed by atoms with Crippen LogP contribution in [-0.2, 0) is 25.7 Å². The van der Waals surface area contributed by atoms with Gasteiger partial charge in [-0.15, -0.1) is 0 Å². The molecule has 0 atom stereocenters. The van der Waals surface area contributed by atoms with Gasteiger partial charge in [0.25, 0.3) is 0 Å². The number of unbranched alkanes of at least 4 members (excludes halogenated alkanes) is 4. The summed E-state index contributed by atoms with van der Waals surface area (Å²) in [5.74, 6) is 0. The van der Waals surface area contributed by atoms with Crippen LogP contribution in [0.1, 0.15) is 101 Å². The van der Waals surface area contributed by atoms with Crippen molar-refractivity contribution < 1.29 is 0 Å². The zero-order valence-corrected chi connectivity index (χ0v) is 19.8. The molecule has 162 valence electrons. The van der Waals surface area contributed by atoms with Crippen LogP contribution in [0.2, 0.25) is 0 Å². The Hall–Kier alpha value is -1.89. The van der Waals surface area contributed by atoms with Crippen molar-refractivity contribution in [2.45, 2.75) is 105 Å². The third kappa shape index (κ3) is 5.05. The van der Waals surface area contributed by atoms with Crippen LogP contribution >= 0.6 is 0 Å². The van der Waals surface area contributed by atoms with Crippen molar-refractivity contribution in [2.75, 3.05) is 0 Å². The van der Waals surface area contributed by atoms with Crippen LogP contribution < -0.4 is 0 Å². The monoisotopic (exact) mass is 403 g/mol. The molecule has 30 heavy (non-hydrogen) atoms. The van der Waals surface area contributed by atoms with Gasteiger partial charge in [0.05, 0.1) is 11.0 Å². The van der Waals surface area contributed by atoms with Crippen molar-refractivity contribution in [3.63, 3.8) is 0 Å². The van der Waals surface area contributed by atoms with Crippen molar-refractivity contribution in [2.24, 2.45) is 0 Å². The standard InChI is InChI=1S/C29H41N/c1-5-9-16-23-24(17-10-6-2)26(19-12-8-4)29-27(25(23)18-11-7-3)21-22-15-13-14-20-28(22)30-29/h13-15,20-21H,5-12,16-19H2,1-4H3. The third-order valence-corrected chi connectivity index (χ3v) is 6.55. The summed E-state index contributed by atoms with van der Waals surface area (Å²) in [6.07, 6.45) is 14.9. The molecule has 0 amide bonds. The highest BCUT2D eigenvalue weighted by molar-refractivity contribution is 5.97. The molecule has 0 bridgehead atoms. The Balaban J connectivity index is 2.35. The fourth-order valence-electron chi connectivity index (χ4n) is 4.82. The molecule has 1 heterocycles. The first-order valence-corrected chi connectivity index (χ1v) is 12.6. The summed E-state index contributed by atoms with van der Waals surface area (Å²) in [5.41, 5.74) is 8.99. The predicted octanol–water partition coefficient (Wildman–Crippen LogP) is 8.76. The first-order valence-electron chi connectivity index (χ1n) is 12.6. The van der Waals surface area contributed by atoms with Gasteiger partial charge in [0.1, 0.15) is 0 Å². The van der Waals surface area contributed by atoms with E-state index in [-0.39, 0.29) is 0 Å². The number of fused-ring (bicyclic) bond motifs is 2. The maximum absolute atomic E-state index is 5.29. The molecule has 0 spiro atoms. The molecule has 0 fully saturated rings. The molecule has 2 aromatic carbocycles. The fraction of sp³-hybridized carbons (Fsp3) is 0.552. The van der Waals surface area contributed by atoms with Crippen LogP contribution in [-0.4, -0.2) is 4.98 Å². The van der Waals surface area contributed by atoms with Gasteiger partial charge in [-0.2, -0.15) is 0 Å². The van der Waals surface area contributed by atoms with Gasteiger partial charge in [-0.25, -0.2) is 4.98 Å². The zero-order chi connectivity index (χ0) is 21.3. The van der Waals surface area contributed by atoms with E-state index >= 15 is 0 Å². The lowest BCUT2D eigenvalue weighted by molar-refractivity contribution is 0.723. The van der Waals surface area contributed by atoms with Crippen LogP contribution in [0.4, 0.5) is 0 Å². The third-order valence-electron chi connectivity index (χ3n) is 6.55. The fourth-order valence-corrected chi connectivity index (χ4v) is 4.82. The van der Waals surface area contributed by atoms with Gasteiger partial charge in [-0.3, -0.25) is 0 Å². The molecule has 0 saturated heterocycles. The van der Waals surface area contributed by atoms with E-state index in [1.807, 2.05) is 0 Å². The molecule has 0 aliphatic heterocycles. The van der Waals surface area contributed by atoms with Gasteiger partial charge in [0.15, 0.2) is 0 Å². The highest BCUT2D eigenvalue weighted by Crippen LogP contribution is 2.36. The van der Waals surface area contributed by atoms with Gasteiger partial charge in [0, 0.05) is 10.8 Å². The Morgan fingerprint density at radius 3 is 1.70 bits per heavy atom. The second-order valence-electron chi connectivity index (χ2n) is 8.91. The molecule has 0 aliphatic rings. The lowest BCUT2D eigenvalue weighted by Crippen LogP contribution is -2.09. The van der Waals surface area contributed by atoms with Gasteiger partial charge in [0.2, 0.25) is 0 Å². The first-order chi connectivity index (χ1) is 14.7. The largest absolute Gasteiger partial charge is 0.247 e. The topological polar surface area (TPSA) is 12.9 Å². The SMILES string of the molecule is CCCCc1c(CCCC)c(CCCC)c2nc3ccccc3cc2c1CCCC. The highest BCUT2D eigenvalue weighted by Gasteiger charge is 2.20. The second kappa shape index (κ2) is 11.5. The Bertz CT molecular complexity index is 876. The lowest BCUT2D eigenvalue weighted by atomic mass is 9.83. The number of hydrogen-bond acceptors (Lipinski definition) is 1. The van der Waals surface area contributed by atoms with E-state index in [1.165, 1.54) is 93.3 Å². The van der Waals surface area contributed by atoms with Crippen molar-refractivity contribution in [1.82, 2.24) is 4.98 Å². The molecular weight excluding hydrogens is 362 g/mol. The molecular formula is C29H41N. The minimum Gasteiger partial charge on any atom is -0.247 e. The Kier molecular flexibility index (Phi) is 8.73. The summed E-state index contributed by atoms with van der Waals surface area (Å²) < 4.78 is 0. The van der Waals surface area contributed by atoms with E-state index in [1.54, 1.807) is 22.3 Å². The zero-order valence-electron chi connectivity index (χ0n) is 19.8. The quantitative estimate of drug-likeness (QED) is 0.275. The van der Waals surface area contributed by atoms with Crippen LogP contribution in [0.15, 0.2) is 30.3 Å². The van der Waals surface area contributed by atoms with Gasteiger partial charge >= 0.3 is 0 Å². The number of nitrogens with zero attached hydrogens (tertiary/aromatic N) is 1. The number of pyridine rings is 1. The minimum absolute atomic E-state index is 1.15. The summed E-state index contributed by atoms with van der Waals surface area (Å²) in [6.45, 7) is 9.27. The number of para-hydroxylation sites is 1. The molecule has 3 aromatic rings. The van der Waals surface area contributed by atoms with E-state index in [4.69, 9.17) is 4.98 Å². The predicted molar refractivity (Wildman–Crippen MR) is 134 cm³/mol. The normalized spacial score (nSPS) is 11.6. The average molecular weight is 404 g/mol. The molecule has 0 aliphatic carbocycles. The molecule has 1 nitrogen and oxygen atoms in total. The number of benzene rings is 2. The van der Waals surface area contributed by atoms with Crippen molar-refractivity contribution in [3.8, 4) is 0 Å². The van der Waals surface area contributed by atoms with Crippen LogP contribution in [0.25, 0.3) is 21.8 Å². The van der Waals surface area contributed by atoms with E-state index in [2.05, 4.69) is 58.0 Å². The highest BCUT2D eigenvalue weighted by atomic mass is 14.7. The number of aryl methyl sites for hydroxylation is 2. The van der Waals surface area contributed by atoms with Crippen LogP contribution in [0.3, 0.4) is 0 Å². The minimum atomic E-state index is 1.15. The van der Waals surface area contributed by atoms with Gasteiger partial charge in [-0.1, -0.05) is 71.6 Å². The maximum atomic E-state index is 5.29. The summed E-state index contributed by atoms with van der Waals surface area (Å²) in [4.78, 5) is 5.29. The summed E-state index contributed by atoms with van der Waals surface area (Å²) in [6, 6.07) is 11.1. The molecule has 0 unspecified atom stereocenters. The maximum Gasteiger partial charge on any atom is 0.0747 e. The first kappa shape index (κ1) is 22.8. The molecule has 3 rings (SSSR count). The molecule has 0 radical (unpaired) electrons. The van der Waals surface area contributed by atoms with Crippen LogP contribution in [0, 0.1) is 0 Å². The van der Waals surface area contributed by atoms with E-state index in [0.717, 1.165) is 5.52 Å². The Morgan fingerprint density at radius 1 is 0.600 bits per heavy atom. The molecule has 0 saturated carbocycles. The average Bonchev–Trinajstić information content (AvgIpc) is 2.78. The Labute approximate surface area is 184 Å². The van der Waals surface area contributed by atoms with E-state index < -0.39 is 0 Å². The van der Waals surface area contributed by atoms with Crippen molar-refractivity contribution >= 4 is 21.8 Å². The van der Waals surface area contributed by atoms with Crippen molar-refractivity contribution in [3.05, 3.63) is 52.6 Å². The summed E-state index contributed by atoms with van der Waals surface area (Å²) in [5, 5.41) is 2.73. The van der Waals surface area contributed by atoms with Gasteiger partial charge < -0.3 is 0 Å².